The zero-order valence-corrected chi connectivity index (χ0v) is 19.7. The lowest BCUT2D eigenvalue weighted by atomic mass is 9.98. The number of nitrogens with one attached hydrogen (secondary N) is 1. The molecule has 2 aliphatic rings. The lowest BCUT2D eigenvalue weighted by Crippen LogP contribution is -2.54. The van der Waals surface area contributed by atoms with Gasteiger partial charge in [-0.2, -0.15) is 0 Å². The molecule has 0 radical (unpaired) electrons. The number of benzene rings is 2. The summed E-state index contributed by atoms with van der Waals surface area (Å²) in [6.07, 6.45) is 1.02. The molecule has 2 amide bonds. The number of fused-ring (bicyclic) bond motifs is 3. The molecule has 35 heavy (non-hydrogen) atoms. The number of carboxylic acids is 1. The van der Waals surface area contributed by atoms with Gasteiger partial charge in [0.2, 0.25) is 5.91 Å². The van der Waals surface area contributed by atoms with Crippen molar-refractivity contribution in [3.8, 4) is 11.1 Å². The van der Waals surface area contributed by atoms with Gasteiger partial charge in [-0.25, -0.2) is 4.79 Å². The van der Waals surface area contributed by atoms with E-state index in [9.17, 15) is 19.5 Å². The molecule has 3 unspecified atom stereocenters. The van der Waals surface area contributed by atoms with Crippen LogP contribution in [0.15, 0.2) is 61.2 Å². The zero-order valence-electron chi connectivity index (χ0n) is 19.7. The van der Waals surface area contributed by atoms with Crippen molar-refractivity contribution in [1.29, 1.82) is 0 Å². The third-order valence-corrected chi connectivity index (χ3v) is 6.73. The summed E-state index contributed by atoms with van der Waals surface area (Å²) in [7, 11) is 0. The third kappa shape index (κ3) is 4.93. The van der Waals surface area contributed by atoms with Crippen LogP contribution in [0.3, 0.4) is 0 Å². The fourth-order valence-electron chi connectivity index (χ4n) is 5.01. The maximum absolute atomic E-state index is 13.3. The Morgan fingerprint density at radius 1 is 1.14 bits per heavy atom. The molecule has 1 aliphatic carbocycles. The van der Waals surface area contributed by atoms with E-state index in [1.165, 1.54) is 4.90 Å². The Bertz CT molecular complexity index is 1070. The molecule has 2 aromatic carbocycles. The summed E-state index contributed by atoms with van der Waals surface area (Å²) in [6, 6.07) is 14.6. The summed E-state index contributed by atoms with van der Waals surface area (Å²) in [4.78, 5) is 39.1. The van der Waals surface area contributed by atoms with Gasteiger partial charge in [0.15, 0.2) is 0 Å². The van der Waals surface area contributed by atoms with Gasteiger partial charge in [0.25, 0.3) is 0 Å². The highest BCUT2D eigenvalue weighted by Gasteiger charge is 2.41. The van der Waals surface area contributed by atoms with Crippen molar-refractivity contribution in [3.63, 3.8) is 0 Å². The van der Waals surface area contributed by atoms with Gasteiger partial charge in [-0.05, 0) is 35.6 Å². The minimum Gasteiger partial charge on any atom is -0.481 e. The number of ether oxygens (including phenoxy) is 2. The van der Waals surface area contributed by atoms with Crippen molar-refractivity contribution >= 4 is 18.0 Å². The van der Waals surface area contributed by atoms with Gasteiger partial charge in [-0.3, -0.25) is 9.59 Å². The number of carbonyl (C=O) groups is 3. The Labute approximate surface area is 204 Å². The standard InChI is InChI=1S/C27H30N2O6/c1-3-9-23(25(30)29(4-2)24-16-34-14-22(24)26(31)32)28-27(33)35-15-21-19-12-7-5-10-17(19)18-11-6-8-13-20(18)21/h3,5-8,10-13,21-24H,1,4,9,14-16H2,2H3,(H,28,33)(H,31,32). The summed E-state index contributed by atoms with van der Waals surface area (Å²) in [5, 5.41) is 12.1. The lowest BCUT2D eigenvalue weighted by Gasteiger charge is -2.32. The highest BCUT2D eigenvalue weighted by molar-refractivity contribution is 5.87. The average molecular weight is 479 g/mol. The van der Waals surface area contributed by atoms with E-state index >= 15 is 0 Å². The van der Waals surface area contributed by atoms with Crippen molar-refractivity contribution in [2.45, 2.75) is 31.3 Å². The summed E-state index contributed by atoms with van der Waals surface area (Å²) in [6.45, 7) is 6.07. The van der Waals surface area contributed by atoms with E-state index in [0.717, 1.165) is 22.3 Å². The van der Waals surface area contributed by atoms with Gasteiger partial charge < -0.3 is 24.8 Å². The van der Waals surface area contributed by atoms with Crippen LogP contribution in [0.2, 0.25) is 0 Å². The number of carboxylic acid groups (broad SMARTS) is 1. The van der Waals surface area contributed by atoms with Crippen molar-refractivity contribution < 1.29 is 29.0 Å². The predicted octanol–water partition coefficient (Wildman–Crippen LogP) is 3.42. The van der Waals surface area contributed by atoms with Gasteiger partial charge in [-0.1, -0.05) is 54.6 Å². The number of hydrogen-bond donors (Lipinski definition) is 2. The van der Waals surface area contributed by atoms with E-state index in [-0.39, 0.29) is 44.6 Å². The van der Waals surface area contributed by atoms with Gasteiger partial charge in [0.05, 0.1) is 19.3 Å². The first-order chi connectivity index (χ1) is 17.0. The van der Waals surface area contributed by atoms with Gasteiger partial charge in [-0.15, -0.1) is 6.58 Å². The Morgan fingerprint density at radius 2 is 1.77 bits per heavy atom. The lowest BCUT2D eigenvalue weighted by molar-refractivity contribution is -0.145. The smallest absolute Gasteiger partial charge is 0.407 e. The minimum atomic E-state index is -1.01. The molecule has 0 aromatic heterocycles. The molecule has 4 rings (SSSR count). The van der Waals surface area contributed by atoms with Crippen LogP contribution in [-0.2, 0) is 19.1 Å². The number of carbonyl (C=O) groups excluding carboxylic acids is 2. The number of rotatable bonds is 9. The second kappa shape index (κ2) is 10.7. The van der Waals surface area contributed by atoms with Crippen molar-refractivity contribution in [2.75, 3.05) is 26.4 Å². The van der Waals surface area contributed by atoms with Gasteiger partial charge in [0, 0.05) is 12.5 Å². The Morgan fingerprint density at radius 3 is 2.34 bits per heavy atom. The molecule has 0 bridgehead atoms. The topological polar surface area (TPSA) is 105 Å². The molecule has 1 saturated heterocycles. The summed E-state index contributed by atoms with van der Waals surface area (Å²) < 4.78 is 10.9. The minimum absolute atomic E-state index is 0.0513. The Kier molecular flexibility index (Phi) is 7.51. The fraction of sp³-hybridized carbons (Fsp3) is 0.370. The normalized spacial score (nSPS) is 19.3. The number of amides is 2. The molecule has 2 N–H and O–H groups in total. The molecule has 184 valence electrons. The first kappa shape index (κ1) is 24.5. The molecule has 1 heterocycles. The number of aliphatic carboxylic acids is 1. The molecule has 0 saturated carbocycles. The average Bonchev–Trinajstić information content (AvgIpc) is 3.46. The molecule has 1 aliphatic heterocycles. The molecular formula is C27H30N2O6. The molecule has 8 nitrogen and oxygen atoms in total. The van der Waals surface area contributed by atoms with Crippen LogP contribution < -0.4 is 5.32 Å². The maximum Gasteiger partial charge on any atom is 0.407 e. The van der Waals surface area contributed by atoms with Crippen LogP contribution >= 0.6 is 0 Å². The number of nitrogens with zero attached hydrogens (tertiary/aromatic N) is 1. The van der Waals surface area contributed by atoms with Crippen LogP contribution in [-0.4, -0.2) is 66.4 Å². The van der Waals surface area contributed by atoms with Crippen molar-refractivity contribution in [1.82, 2.24) is 10.2 Å². The Hall–Kier alpha value is -3.65. The summed E-state index contributed by atoms with van der Waals surface area (Å²) in [5.41, 5.74) is 4.45. The first-order valence-corrected chi connectivity index (χ1v) is 11.8. The summed E-state index contributed by atoms with van der Waals surface area (Å²) >= 11 is 0. The van der Waals surface area contributed by atoms with Crippen molar-refractivity contribution in [3.05, 3.63) is 72.3 Å². The predicted molar refractivity (Wildman–Crippen MR) is 130 cm³/mol. The fourth-order valence-corrected chi connectivity index (χ4v) is 5.01. The highest BCUT2D eigenvalue weighted by atomic mass is 16.5. The molecule has 1 fully saturated rings. The van der Waals surface area contributed by atoms with Crippen LogP contribution in [0.5, 0.6) is 0 Å². The molecular weight excluding hydrogens is 448 g/mol. The molecule has 3 atom stereocenters. The highest BCUT2D eigenvalue weighted by Crippen LogP contribution is 2.44. The third-order valence-electron chi connectivity index (χ3n) is 6.73. The van der Waals surface area contributed by atoms with Crippen molar-refractivity contribution in [2.24, 2.45) is 5.92 Å². The quantitative estimate of drug-likeness (QED) is 0.535. The van der Waals surface area contributed by atoms with E-state index < -0.39 is 30.1 Å². The largest absolute Gasteiger partial charge is 0.481 e. The van der Waals surface area contributed by atoms with Crippen LogP contribution in [0, 0.1) is 5.92 Å². The van der Waals surface area contributed by atoms with Gasteiger partial charge >= 0.3 is 12.1 Å². The zero-order chi connectivity index (χ0) is 24.9. The number of hydrogen-bond acceptors (Lipinski definition) is 5. The van der Waals surface area contributed by atoms with Gasteiger partial charge in [0.1, 0.15) is 18.6 Å². The summed E-state index contributed by atoms with van der Waals surface area (Å²) in [5.74, 6) is -2.30. The van der Waals surface area contributed by atoms with Crippen LogP contribution in [0.25, 0.3) is 11.1 Å². The molecule has 8 heteroatoms. The van der Waals surface area contributed by atoms with E-state index in [2.05, 4.69) is 24.0 Å². The second-order valence-electron chi connectivity index (χ2n) is 8.72. The second-order valence-corrected chi connectivity index (χ2v) is 8.72. The van der Waals surface area contributed by atoms with E-state index in [1.54, 1.807) is 13.0 Å². The maximum atomic E-state index is 13.3. The van der Waals surface area contributed by atoms with Crippen LogP contribution in [0.1, 0.15) is 30.4 Å². The van der Waals surface area contributed by atoms with E-state index in [1.807, 2.05) is 36.4 Å². The SMILES string of the molecule is C=CCC(NC(=O)OCC1c2ccccc2-c2ccccc21)C(=O)N(CC)C1COCC1C(=O)O. The molecule has 0 spiro atoms. The Balaban J connectivity index is 1.43. The monoisotopic (exact) mass is 478 g/mol. The number of alkyl carbamates (subject to hydrolysis) is 1. The first-order valence-electron chi connectivity index (χ1n) is 11.8. The molecule has 2 aromatic rings. The van der Waals surface area contributed by atoms with E-state index in [0.29, 0.717) is 0 Å². The number of likely N-dealkylation sites (N-methyl/N-ethyl adjacent to an activating group) is 1. The van der Waals surface area contributed by atoms with Crippen LogP contribution in [0.4, 0.5) is 4.79 Å². The van der Waals surface area contributed by atoms with E-state index in [4.69, 9.17) is 9.47 Å².